The van der Waals surface area contributed by atoms with Crippen molar-refractivity contribution in [3.05, 3.63) is 29.3 Å². The summed E-state index contributed by atoms with van der Waals surface area (Å²) in [7, 11) is 0. The van der Waals surface area contributed by atoms with Crippen LogP contribution in [0.4, 0.5) is 8.78 Å². The van der Waals surface area contributed by atoms with E-state index in [4.69, 9.17) is 9.84 Å². The van der Waals surface area contributed by atoms with Gasteiger partial charge in [-0.25, -0.2) is 4.39 Å². The van der Waals surface area contributed by atoms with Gasteiger partial charge >= 0.3 is 0 Å². The molecule has 0 saturated carbocycles. The molecule has 2 nitrogen and oxygen atoms in total. The van der Waals surface area contributed by atoms with Crippen LogP contribution in [0, 0.1) is 11.6 Å². The van der Waals surface area contributed by atoms with Crippen LogP contribution >= 0.6 is 0 Å². The van der Waals surface area contributed by atoms with Crippen LogP contribution in [-0.4, -0.2) is 11.7 Å². The predicted octanol–water partition coefficient (Wildman–Crippen LogP) is 1.74. The Morgan fingerprint density at radius 3 is 2.58 bits per heavy atom. The fraction of sp³-hybridized carbons (Fsp3) is 0.250. The Balaban J connectivity index is 2.49. The average molecular weight is 172 g/mol. The van der Waals surface area contributed by atoms with Gasteiger partial charge in [-0.1, -0.05) is 0 Å². The number of ether oxygens (including phenoxy) is 1. The molecule has 64 valence electrons. The molecule has 2 rings (SSSR count). The number of hydrogen-bond donors (Lipinski definition) is 1. The summed E-state index contributed by atoms with van der Waals surface area (Å²) in [6.45, 7) is 0.418. The van der Waals surface area contributed by atoms with E-state index >= 15 is 0 Å². The zero-order chi connectivity index (χ0) is 8.72. The highest BCUT2D eigenvalue weighted by Crippen LogP contribution is 2.34. The standard InChI is InChI=1S/C8H6F2O2/c9-7-4(6-3-12-6)1-2-5(11)8(7)10/h1-2,6,11H,3H2. The third kappa shape index (κ3) is 1.04. The molecule has 0 bridgehead atoms. The van der Waals surface area contributed by atoms with Crippen molar-refractivity contribution >= 4 is 0 Å². The van der Waals surface area contributed by atoms with Gasteiger partial charge in [0.15, 0.2) is 11.6 Å². The number of aromatic hydroxyl groups is 1. The first-order valence-electron chi connectivity index (χ1n) is 3.48. The van der Waals surface area contributed by atoms with Crippen LogP contribution in [-0.2, 0) is 4.74 Å². The Morgan fingerprint density at radius 1 is 1.33 bits per heavy atom. The molecule has 1 saturated heterocycles. The topological polar surface area (TPSA) is 32.8 Å². The Hall–Kier alpha value is -1.16. The number of phenolic OH excluding ortho intramolecular Hbond substituents is 1. The first kappa shape index (κ1) is 7.49. The van der Waals surface area contributed by atoms with Crippen LogP contribution < -0.4 is 0 Å². The summed E-state index contributed by atoms with van der Waals surface area (Å²) >= 11 is 0. The summed E-state index contributed by atoms with van der Waals surface area (Å²) in [5.74, 6) is -2.89. The van der Waals surface area contributed by atoms with Crippen molar-refractivity contribution in [2.24, 2.45) is 0 Å². The van der Waals surface area contributed by atoms with Crippen LogP contribution in [0.25, 0.3) is 0 Å². The van der Waals surface area contributed by atoms with Crippen molar-refractivity contribution < 1.29 is 18.6 Å². The quantitative estimate of drug-likeness (QED) is 0.654. The van der Waals surface area contributed by atoms with Crippen molar-refractivity contribution in [3.8, 4) is 5.75 Å². The van der Waals surface area contributed by atoms with Gasteiger partial charge in [0.25, 0.3) is 0 Å². The summed E-state index contributed by atoms with van der Waals surface area (Å²) < 4.78 is 30.4. The van der Waals surface area contributed by atoms with Gasteiger partial charge in [0.05, 0.1) is 6.61 Å². The lowest BCUT2D eigenvalue weighted by Gasteiger charge is -2.00. The van der Waals surface area contributed by atoms with Crippen molar-refractivity contribution in [2.45, 2.75) is 6.10 Å². The van der Waals surface area contributed by atoms with Gasteiger partial charge in [-0.2, -0.15) is 4.39 Å². The molecule has 1 aromatic rings. The van der Waals surface area contributed by atoms with Crippen LogP contribution in [0.1, 0.15) is 11.7 Å². The molecule has 1 fully saturated rings. The van der Waals surface area contributed by atoms with E-state index in [1.165, 1.54) is 6.07 Å². The minimum Gasteiger partial charge on any atom is -0.505 e. The second-order valence-corrected chi connectivity index (χ2v) is 2.62. The minimum absolute atomic E-state index is 0.172. The third-order valence-electron chi connectivity index (χ3n) is 1.77. The number of epoxide rings is 1. The van der Waals surface area contributed by atoms with Crippen LogP contribution in [0.15, 0.2) is 12.1 Å². The minimum atomic E-state index is -1.21. The molecule has 12 heavy (non-hydrogen) atoms. The largest absolute Gasteiger partial charge is 0.505 e. The fourth-order valence-corrected chi connectivity index (χ4v) is 1.03. The predicted molar refractivity (Wildman–Crippen MR) is 36.7 cm³/mol. The van der Waals surface area contributed by atoms with Gasteiger partial charge in [0.2, 0.25) is 5.82 Å². The average Bonchev–Trinajstić information content (AvgIpc) is 2.84. The molecule has 1 N–H and O–H groups in total. The highest BCUT2D eigenvalue weighted by atomic mass is 19.2. The molecule has 1 unspecified atom stereocenters. The van der Waals surface area contributed by atoms with E-state index in [2.05, 4.69) is 0 Å². The van der Waals surface area contributed by atoms with Crippen molar-refractivity contribution in [1.82, 2.24) is 0 Å². The lowest BCUT2D eigenvalue weighted by molar-refractivity contribution is 0.384. The smallest absolute Gasteiger partial charge is 0.200 e. The first-order chi connectivity index (χ1) is 5.70. The van der Waals surface area contributed by atoms with Crippen LogP contribution in [0.3, 0.4) is 0 Å². The Labute approximate surface area is 67.4 Å². The highest BCUT2D eigenvalue weighted by Gasteiger charge is 2.29. The second kappa shape index (κ2) is 2.42. The van der Waals surface area contributed by atoms with E-state index in [-0.39, 0.29) is 11.7 Å². The molecule has 1 heterocycles. The maximum atomic E-state index is 12.9. The number of halogens is 2. The Kier molecular flexibility index (Phi) is 1.51. The van der Waals surface area contributed by atoms with Gasteiger partial charge in [-0.3, -0.25) is 0 Å². The molecular formula is C8H6F2O2. The fourth-order valence-electron chi connectivity index (χ4n) is 1.03. The van der Waals surface area contributed by atoms with Crippen LogP contribution in [0.5, 0.6) is 5.75 Å². The van der Waals surface area contributed by atoms with Crippen molar-refractivity contribution in [2.75, 3.05) is 6.61 Å². The Bertz CT molecular complexity index is 321. The second-order valence-electron chi connectivity index (χ2n) is 2.62. The van der Waals surface area contributed by atoms with E-state index in [9.17, 15) is 8.78 Å². The normalized spacial score (nSPS) is 21.0. The SMILES string of the molecule is Oc1ccc(C2CO2)c(F)c1F. The molecular weight excluding hydrogens is 166 g/mol. The number of phenols is 1. The van der Waals surface area contributed by atoms with Crippen molar-refractivity contribution in [1.29, 1.82) is 0 Å². The summed E-state index contributed by atoms with van der Waals surface area (Å²) in [6.07, 6.45) is -0.333. The molecule has 1 aliphatic rings. The Morgan fingerprint density at radius 2 is 2.00 bits per heavy atom. The molecule has 0 spiro atoms. The lowest BCUT2D eigenvalue weighted by atomic mass is 10.1. The van der Waals surface area contributed by atoms with E-state index < -0.39 is 17.4 Å². The summed E-state index contributed by atoms with van der Waals surface area (Å²) in [5, 5.41) is 8.77. The van der Waals surface area contributed by atoms with Gasteiger partial charge < -0.3 is 9.84 Å². The van der Waals surface area contributed by atoms with Crippen LogP contribution in [0.2, 0.25) is 0 Å². The van der Waals surface area contributed by atoms with Gasteiger partial charge in [0, 0.05) is 5.56 Å². The van der Waals surface area contributed by atoms with E-state index in [1.54, 1.807) is 0 Å². The number of benzene rings is 1. The molecule has 0 amide bonds. The summed E-state index contributed by atoms with van der Waals surface area (Å²) in [6, 6.07) is 2.45. The summed E-state index contributed by atoms with van der Waals surface area (Å²) in [5.41, 5.74) is 0.172. The zero-order valence-corrected chi connectivity index (χ0v) is 6.05. The van der Waals surface area contributed by atoms with Gasteiger partial charge in [-0.15, -0.1) is 0 Å². The lowest BCUT2D eigenvalue weighted by Crippen LogP contribution is -1.92. The van der Waals surface area contributed by atoms with Crippen molar-refractivity contribution in [3.63, 3.8) is 0 Å². The molecule has 4 heteroatoms. The molecule has 0 aliphatic carbocycles. The summed E-state index contributed by atoms with van der Waals surface area (Å²) in [4.78, 5) is 0. The first-order valence-corrected chi connectivity index (χ1v) is 3.48. The molecule has 1 aliphatic heterocycles. The maximum Gasteiger partial charge on any atom is 0.200 e. The van der Waals surface area contributed by atoms with Gasteiger partial charge in [-0.05, 0) is 12.1 Å². The molecule has 1 aromatic carbocycles. The third-order valence-corrected chi connectivity index (χ3v) is 1.77. The van der Waals surface area contributed by atoms with E-state index in [1.807, 2.05) is 0 Å². The maximum absolute atomic E-state index is 12.9. The number of rotatable bonds is 1. The zero-order valence-electron chi connectivity index (χ0n) is 6.05. The molecule has 0 radical (unpaired) electrons. The highest BCUT2D eigenvalue weighted by molar-refractivity contribution is 5.32. The van der Waals surface area contributed by atoms with E-state index in [0.717, 1.165) is 6.07 Å². The van der Waals surface area contributed by atoms with E-state index in [0.29, 0.717) is 6.61 Å². The number of hydrogen-bond acceptors (Lipinski definition) is 2. The van der Waals surface area contributed by atoms with Gasteiger partial charge in [0.1, 0.15) is 6.10 Å². The molecule has 1 atom stereocenters. The monoisotopic (exact) mass is 172 g/mol. The molecule has 0 aromatic heterocycles.